The van der Waals surface area contributed by atoms with Gasteiger partial charge in [-0.3, -0.25) is 14.4 Å². The van der Waals surface area contributed by atoms with Gasteiger partial charge < -0.3 is 14.2 Å². The quantitative estimate of drug-likeness (QED) is 0.0261. The van der Waals surface area contributed by atoms with Gasteiger partial charge in [0.1, 0.15) is 13.2 Å². The van der Waals surface area contributed by atoms with E-state index in [1.807, 2.05) is 0 Å². The Morgan fingerprint density at radius 3 is 0.824 bits per heavy atom. The maximum Gasteiger partial charge on any atom is 0.306 e. The summed E-state index contributed by atoms with van der Waals surface area (Å²) in [5.74, 6) is -0.848. The van der Waals surface area contributed by atoms with Crippen molar-refractivity contribution in [2.24, 2.45) is 0 Å². The Morgan fingerprint density at radius 1 is 0.284 bits per heavy atom. The van der Waals surface area contributed by atoms with Gasteiger partial charge in [-0.2, -0.15) is 0 Å². The summed E-state index contributed by atoms with van der Waals surface area (Å²) >= 11 is 0. The molecule has 0 aromatic rings. The van der Waals surface area contributed by atoms with Crippen molar-refractivity contribution >= 4 is 17.9 Å². The third-order valence-electron chi connectivity index (χ3n) is 14.6. The Hall–Kier alpha value is -2.63. The molecule has 6 nitrogen and oxygen atoms in total. The van der Waals surface area contributed by atoms with E-state index in [-0.39, 0.29) is 31.1 Å². The van der Waals surface area contributed by atoms with Gasteiger partial charge in [0.05, 0.1) is 0 Å². The molecule has 0 aliphatic heterocycles. The number of carbonyl (C=O) groups excluding carboxylic acids is 3. The smallest absolute Gasteiger partial charge is 0.306 e. The van der Waals surface area contributed by atoms with Crippen molar-refractivity contribution in [3.05, 3.63) is 48.6 Å². The summed E-state index contributed by atoms with van der Waals surface area (Å²) in [6.07, 6.45) is 78.6. The molecule has 0 aromatic heterocycles. The molecular weight excluding hydrogens is 913 g/mol. The average molecular weight is 1040 g/mol. The molecule has 0 amide bonds. The maximum absolute atomic E-state index is 12.9. The zero-order valence-corrected chi connectivity index (χ0v) is 49.6. The summed E-state index contributed by atoms with van der Waals surface area (Å²) < 4.78 is 16.9. The first-order chi connectivity index (χ1) is 36.5. The number of hydrogen-bond acceptors (Lipinski definition) is 6. The van der Waals surface area contributed by atoms with Crippen molar-refractivity contribution in [2.75, 3.05) is 13.2 Å². The molecule has 0 radical (unpaired) electrons. The van der Waals surface area contributed by atoms with Crippen molar-refractivity contribution in [3.8, 4) is 0 Å². The zero-order chi connectivity index (χ0) is 53.6. The standard InChI is InChI=1S/C68H124O6/c1-4-7-10-13-16-19-21-23-25-27-29-30-31-32-33-34-35-36-37-38-40-41-43-45-47-49-52-55-58-61-67(70)73-64-65(63-72-66(69)60-57-54-51-18-15-12-9-6-3)74-68(71)62-59-56-53-50-48-46-44-42-39-28-26-24-22-20-17-14-11-8-5-2/h7,10,16,19,23,25,29-30,65H,4-6,8-9,11-15,17-18,20-22,24,26-28,31-64H2,1-3H3/b10-7-,19-16-,25-23-,30-29-. The first-order valence-electron chi connectivity index (χ1n) is 32.6. The van der Waals surface area contributed by atoms with Crippen molar-refractivity contribution in [2.45, 2.75) is 354 Å². The van der Waals surface area contributed by atoms with Crippen molar-refractivity contribution in [3.63, 3.8) is 0 Å². The molecule has 0 saturated carbocycles. The Balaban J connectivity index is 4.08. The molecule has 432 valence electrons. The number of unbranched alkanes of at least 4 members (excludes halogenated alkanes) is 41. The van der Waals surface area contributed by atoms with Crippen LogP contribution in [0.15, 0.2) is 48.6 Å². The fourth-order valence-electron chi connectivity index (χ4n) is 9.73. The van der Waals surface area contributed by atoms with Gasteiger partial charge in [-0.25, -0.2) is 0 Å². The van der Waals surface area contributed by atoms with Gasteiger partial charge in [-0.1, -0.05) is 320 Å². The molecule has 0 spiro atoms. The van der Waals surface area contributed by atoms with Crippen LogP contribution in [-0.4, -0.2) is 37.2 Å². The van der Waals surface area contributed by atoms with E-state index in [0.717, 1.165) is 83.5 Å². The second kappa shape index (κ2) is 62.9. The van der Waals surface area contributed by atoms with E-state index < -0.39 is 6.10 Å². The van der Waals surface area contributed by atoms with E-state index in [0.29, 0.717) is 19.3 Å². The molecule has 1 atom stereocenters. The predicted octanol–water partition coefficient (Wildman–Crippen LogP) is 22.2. The fourth-order valence-corrected chi connectivity index (χ4v) is 9.73. The van der Waals surface area contributed by atoms with Crippen molar-refractivity contribution in [1.82, 2.24) is 0 Å². The first-order valence-corrected chi connectivity index (χ1v) is 32.6. The highest BCUT2D eigenvalue weighted by Crippen LogP contribution is 2.18. The lowest BCUT2D eigenvalue weighted by molar-refractivity contribution is -0.167. The molecule has 0 bridgehead atoms. The summed E-state index contributed by atoms with van der Waals surface area (Å²) in [7, 11) is 0. The number of rotatable bonds is 60. The molecular formula is C68H124O6. The van der Waals surface area contributed by atoms with E-state index in [2.05, 4.69) is 69.4 Å². The second-order valence-corrected chi connectivity index (χ2v) is 22.0. The third kappa shape index (κ3) is 60.2. The normalized spacial score (nSPS) is 12.3. The molecule has 0 aromatic carbocycles. The summed E-state index contributed by atoms with van der Waals surface area (Å²) in [5.41, 5.74) is 0. The number of carbonyl (C=O) groups is 3. The van der Waals surface area contributed by atoms with Crippen LogP contribution in [0, 0.1) is 0 Å². The summed E-state index contributed by atoms with van der Waals surface area (Å²) in [6, 6.07) is 0. The molecule has 0 fully saturated rings. The Labute approximate surface area is 460 Å². The molecule has 0 saturated heterocycles. The minimum atomic E-state index is -0.767. The van der Waals surface area contributed by atoms with E-state index >= 15 is 0 Å². The van der Waals surface area contributed by atoms with Crippen LogP contribution in [0.25, 0.3) is 0 Å². The Morgan fingerprint density at radius 2 is 0.527 bits per heavy atom. The molecule has 1 unspecified atom stereocenters. The molecule has 0 rings (SSSR count). The average Bonchev–Trinajstić information content (AvgIpc) is 3.40. The van der Waals surface area contributed by atoms with Gasteiger partial charge in [0.2, 0.25) is 0 Å². The lowest BCUT2D eigenvalue weighted by Crippen LogP contribution is -2.30. The Bertz CT molecular complexity index is 1280. The fraction of sp³-hybridized carbons (Fsp3) is 0.838. The number of ether oxygens (including phenoxy) is 3. The minimum Gasteiger partial charge on any atom is -0.462 e. The molecule has 6 heteroatoms. The predicted molar refractivity (Wildman–Crippen MR) is 321 cm³/mol. The molecule has 0 aliphatic carbocycles. The van der Waals surface area contributed by atoms with Crippen LogP contribution in [0.2, 0.25) is 0 Å². The van der Waals surface area contributed by atoms with Gasteiger partial charge in [-0.05, 0) is 57.8 Å². The van der Waals surface area contributed by atoms with Gasteiger partial charge >= 0.3 is 17.9 Å². The van der Waals surface area contributed by atoms with E-state index in [9.17, 15) is 14.4 Å². The van der Waals surface area contributed by atoms with Crippen molar-refractivity contribution in [1.29, 1.82) is 0 Å². The molecule has 0 heterocycles. The topological polar surface area (TPSA) is 78.9 Å². The molecule has 74 heavy (non-hydrogen) atoms. The lowest BCUT2D eigenvalue weighted by Gasteiger charge is -2.18. The van der Waals surface area contributed by atoms with Crippen LogP contribution in [0.4, 0.5) is 0 Å². The van der Waals surface area contributed by atoms with Gasteiger partial charge in [-0.15, -0.1) is 0 Å². The Kier molecular flexibility index (Phi) is 60.7. The summed E-state index contributed by atoms with van der Waals surface area (Å²) in [4.78, 5) is 38.1. The highest BCUT2D eigenvalue weighted by molar-refractivity contribution is 5.71. The van der Waals surface area contributed by atoms with Crippen molar-refractivity contribution < 1.29 is 28.6 Å². The monoisotopic (exact) mass is 1040 g/mol. The highest BCUT2D eigenvalue weighted by Gasteiger charge is 2.19. The number of esters is 3. The molecule has 0 aliphatic rings. The minimum absolute atomic E-state index is 0.0668. The number of hydrogen-bond donors (Lipinski definition) is 0. The first kappa shape index (κ1) is 71.4. The van der Waals surface area contributed by atoms with Crippen LogP contribution < -0.4 is 0 Å². The van der Waals surface area contributed by atoms with Crippen LogP contribution in [0.5, 0.6) is 0 Å². The van der Waals surface area contributed by atoms with Crippen LogP contribution >= 0.6 is 0 Å². The van der Waals surface area contributed by atoms with Gasteiger partial charge in [0.15, 0.2) is 6.10 Å². The third-order valence-corrected chi connectivity index (χ3v) is 14.6. The van der Waals surface area contributed by atoms with Gasteiger partial charge in [0, 0.05) is 19.3 Å². The second-order valence-electron chi connectivity index (χ2n) is 22.0. The van der Waals surface area contributed by atoms with Crippen LogP contribution in [-0.2, 0) is 28.6 Å². The summed E-state index contributed by atoms with van der Waals surface area (Å²) in [6.45, 7) is 6.56. The largest absolute Gasteiger partial charge is 0.462 e. The van der Waals surface area contributed by atoms with Gasteiger partial charge in [0.25, 0.3) is 0 Å². The highest BCUT2D eigenvalue weighted by atomic mass is 16.6. The van der Waals surface area contributed by atoms with Crippen LogP contribution in [0.3, 0.4) is 0 Å². The zero-order valence-electron chi connectivity index (χ0n) is 49.6. The van der Waals surface area contributed by atoms with E-state index in [1.165, 1.54) is 225 Å². The SMILES string of the molecule is CC/C=C\C/C=C\C/C=C\C/C=C\CCCCCCCCCCCCCCCCCCC(=O)OCC(COC(=O)CCCCCCCCCC)OC(=O)CCCCCCCCCCCCCCCCCCCCC. The molecule has 0 N–H and O–H groups in total. The number of allylic oxidation sites excluding steroid dienone is 8. The maximum atomic E-state index is 12.9. The van der Waals surface area contributed by atoms with E-state index in [4.69, 9.17) is 14.2 Å². The van der Waals surface area contributed by atoms with Crippen LogP contribution in [0.1, 0.15) is 348 Å². The van der Waals surface area contributed by atoms with E-state index in [1.54, 1.807) is 0 Å². The summed E-state index contributed by atoms with van der Waals surface area (Å²) in [5, 5.41) is 0. The lowest BCUT2D eigenvalue weighted by atomic mass is 10.0.